The zero-order valence-corrected chi connectivity index (χ0v) is 11.8. The fourth-order valence-corrected chi connectivity index (χ4v) is 2.67. The van der Waals surface area contributed by atoms with Gasteiger partial charge in [-0.3, -0.25) is 4.98 Å². The minimum atomic E-state index is -0.754. The number of halogens is 1. The van der Waals surface area contributed by atoms with Crippen molar-refractivity contribution in [3.05, 3.63) is 76.4 Å². The van der Waals surface area contributed by atoms with Gasteiger partial charge in [0.2, 0.25) is 0 Å². The highest BCUT2D eigenvalue weighted by Crippen LogP contribution is 2.32. The molecule has 0 spiro atoms. The first-order valence-corrected chi connectivity index (χ1v) is 6.83. The molecule has 1 heterocycles. The molecule has 3 aromatic rings. The molecule has 0 aliphatic carbocycles. The third-order valence-electron chi connectivity index (χ3n) is 3.37. The predicted molar refractivity (Wildman–Crippen MR) is 82.0 cm³/mol. The van der Waals surface area contributed by atoms with Gasteiger partial charge in [-0.2, -0.15) is 0 Å². The van der Waals surface area contributed by atoms with Crippen molar-refractivity contribution in [1.29, 1.82) is 0 Å². The molecule has 0 fully saturated rings. The highest BCUT2D eigenvalue weighted by Gasteiger charge is 2.17. The monoisotopic (exact) mass is 283 g/mol. The number of aryl methyl sites for hydroxylation is 1. The van der Waals surface area contributed by atoms with Gasteiger partial charge in [0.1, 0.15) is 6.10 Å². The lowest BCUT2D eigenvalue weighted by Gasteiger charge is -2.16. The second-order valence-electron chi connectivity index (χ2n) is 4.79. The fourth-order valence-electron chi connectivity index (χ4n) is 2.43. The largest absolute Gasteiger partial charge is 0.384 e. The molecule has 0 radical (unpaired) electrons. The van der Waals surface area contributed by atoms with E-state index in [4.69, 9.17) is 11.6 Å². The Morgan fingerprint density at radius 1 is 1.00 bits per heavy atom. The van der Waals surface area contributed by atoms with Crippen molar-refractivity contribution in [1.82, 2.24) is 4.98 Å². The van der Waals surface area contributed by atoms with Crippen LogP contribution in [0.25, 0.3) is 10.9 Å². The number of pyridine rings is 1. The Morgan fingerprint density at radius 3 is 2.50 bits per heavy atom. The van der Waals surface area contributed by atoms with Gasteiger partial charge >= 0.3 is 0 Å². The van der Waals surface area contributed by atoms with Crippen molar-refractivity contribution in [2.24, 2.45) is 0 Å². The smallest absolute Gasteiger partial charge is 0.106 e. The minimum absolute atomic E-state index is 0.568. The van der Waals surface area contributed by atoms with Crippen LogP contribution in [0.5, 0.6) is 0 Å². The van der Waals surface area contributed by atoms with Crippen LogP contribution >= 0.6 is 11.6 Å². The third-order valence-corrected chi connectivity index (χ3v) is 3.71. The van der Waals surface area contributed by atoms with Crippen LogP contribution < -0.4 is 0 Å². The van der Waals surface area contributed by atoms with Crippen LogP contribution in [-0.2, 0) is 0 Å². The predicted octanol–water partition coefficient (Wildman–Crippen LogP) is 4.28. The van der Waals surface area contributed by atoms with Gasteiger partial charge in [0.05, 0.1) is 5.52 Å². The first kappa shape index (κ1) is 13.1. The molecule has 1 atom stereocenters. The van der Waals surface area contributed by atoms with Gasteiger partial charge in [-0.05, 0) is 30.7 Å². The normalized spacial score (nSPS) is 12.6. The van der Waals surface area contributed by atoms with Crippen LogP contribution in [0.3, 0.4) is 0 Å². The maximum Gasteiger partial charge on any atom is 0.106 e. The molecule has 2 aromatic carbocycles. The van der Waals surface area contributed by atoms with E-state index >= 15 is 0 Å². The zero-order chi connectivity index (χ0) is 14.1. The second-order valence-corrected chi connectivity index (χ2v) is 5.20. The Hall–Kier alpha value is -1.90. The Balaban J connectivity index is 2.21. The summed E-state index contributed by atoms with van der Waals surface area (Å²) in [6, 6.07) is 17.1. The highest BCUT2D eigenvalue weighted by atomic mass is 35.5. The number of aliphatic hydroxyl groups is 1. The third kappa shape index (κ3) is 2.28. The molecular formula is C17H14ClNO. The second kappa shape index (κ2) is 5.23. The average molecular weight is 284 g/mol. The maximum atomic E-state index is 10.7. The van der Waals surface area contributed by atoms with Crippen LogP contribution in [0.1, 0.15) is 22.9 Å². The molecule has 0 aliphatic rings. The van der Waals surface area contributed by atoms with Crippen LogP contribution in [0.4, 0.5) is 0 Å². The first-order chi connectivity index (χ1) is 9.66. The molecule has 0 aliphatic heterocycles. The van der Waals surface area contributed by atoms with Crippen molar-refractivity contribution < 1.29 is 5.11 Å². The number of hydrogen-bond acceptors (Lipinski definition) is 2. The molecule has 20 heavy (non-hydrogen) atoms. The van der Waals surface area contributed by atoms with E-state index in [2.05, 4.69) is 4.98 Å². The van der Waals surface area contributed by atoms with Crippen LogP contribution in [-0.4, -0.2) is 10.1 Å². The van der Waals surface area contributed by atoms with Gasteiger partial charge < -0.3 is 5.11 Å². The molecule has 100 valence electrons. The summed E-state index contributed by atoms with van der Waals surface area (Å²) in [5.41, 5.74) is 3.31. The summed E-state index contributed by atoms with van der Waals surface area (Å²) in [6.07, 6.45) is -0.754. The Bertz CT molecular complexity index is 770. The van der Waals surface area contributed by atoms with E-state index in [1.165, 1.54) is 0 Å². The topological polar surface area (TPSA) is 33.1 Å². The number of hydrogen-bond donors (Lipinski definition) is 1. The van der Waals surface area contributed by atoms with E-state index in [-0.39, 0.29) is 0 Å². The van der Waals surface area contributed by atoms with Gasteiger partial charge in [0.15, 0.2) is 0 Å². The summed E-state index contributed by atoms with van der Waals surface area (Å²) in [5.74, 6) is 0. The molecule has 1 unspecified atom stereocenters. The molecular weight excluding hydrogens is 270 g/mol. The Morgan fingerprint density at radius 2 is 1.70 bits per heavy atom. The quantitative estimate of drug-likeness (QED) is 0.761. The van der Waals surface area contributed by atoms with Crippen molar-refractivity contribution >= 4 is 22.5 Å². The van der Waals surface area contributed by atoms with E-state index in [9.17, 15) is 5.11 Å². The lowest BCUT2D eigenvalue weighted by Crippen LogP contribution is -2.03. The van der Waals surface area contributed by atoms with Crippen LogP contribution in [0.2, 0.25) is 5.02 Å². The van der Waals surface area contributed by atoms with Crippen LogP contribution in [0.15, 0.2) is 54.6 Å². The lowest BCUT2D eigenvalue weighted by molar-refractivity contribution is 0.222. The maximum absolute atomic E-state index is 10.7. The number of aromatic nitrogens is 1. The molecule has 3 rings (SSSR count). The summed E-state index contributed by atoms with van der Waals surface area (Å²) >= 11 is 6.18. The van der Waals surface area contributed by atoms with Crippen molar-refractivity contribution in [2.45, 2.75) is 13.0 Å². The van der Waals surface area contributed by atoms with E-state index < -0.39 is 6.10 Å². The fraction of sp³-hybridized carbons (Fsp3) is 0.118. The van der Waals surface area contributed by atoms with E-state index in [0.717, 1.165) is 22.2 Å². The molecule has 0 amide bonds. The number of para-hydroxylation sites is 1. The van der Waals surface area contributed by atoms with Gasteiger partial charge in [-0.25, -0.2) is 0 Å². The molecule has 0 bridgehead atoms. The summed E-state index contributed by atoms with van der Waals surface area (Å²) in [5, 5.41) is 12.2. The van der Waals surface area contributed by atoms with Crippen molar-refractivity contribution in [3.63, 3.8) is 0 Å². The van der Waals surface area contributed by atoms with Gasteiger partial charge in [0, 0.05) is 21.7 Å². The first-order valence-electron chi connectivity index (χ1n) is 6.45. The SMILES string of the molecule is Cc1cc(C(O)c2ccccc2Cl)c2ccccc2n1. The Kier molecular flexibility index (Phi) is 3.43. The molecule has 1 N–H and O–H groups in total. The van der Waals surface area contributed by atoms with E-state index in [1.807, 2.05) is 55.5 Å². The summed E-state index contributed by atoms with van der Waals surface area (Å²) in [7, 11) is 0. The van der Waals surface area contributed by atoms with Gasteiger partial charge in [0.25, 0.3) is 0 Å². The highest BCUT2D eigenvalue weighted by molar-refractivity contribution is 6.31. The minimum Gasteiger partial charge on any atom is -0.384 e. The summed E-state index contributed by atoms with van der Waals surface area (Å²) in [6.45, 7) is 1.93. The van der Waals surface area contributed by atoms with Crippen molar-refractivity contribution in [3.8, 4) is 0 Å². The number of nitrogens with zero attached hydrogens (tertiary/aromatic N) is 1. The zero-order valence-electron chi connectivity index (χ0n) is 11.0. The number of fused-ring (bicyclic) bond motifs is 1. The number of rotatable bonds is 2. The number of benzene rings is 2. The molecule has 2 nitrogen and oxygen atoms in total. The lowest BCUT2D eigenvalue weighted by atomic mass is 9.97. The van der Waals surface area contributed by atoms with Gasteiger partial charge in [-0.1, -0.05) is 48.0 Å². The van der Waals surface area contributed by atoms with Gasteiger partial charge in [-0.15, -0.1) is 0 Å². The van der Waals surface area contributed by atoms with Crippen LogP contribution in [0, 0.1) is 6.92 Å². The standard InChI is InChI=1S/C17H14ClNO/c1-11-10-14(12-6-3-5-9-16(12)19-11)17(20)13-7-2-4-8-15(13)18/h2-10,17,20H,1H3. The number of aliphatic hydroxyl groups excluding tert-OH is 1. The van der Waals surface area contributed by atoms with E-state index in [1.54, 1.807) is 6.07 Å². The Labute approximate surface area is 122 Å². The van der Waals surface area contributed by atoms with Crippen molar-refractivity contribution in [2.75, 3.05) is 0 Å². The molecule has 3 heteroatoms. The molecule has 0 saturated carbocycles. The molecule has 1 aromatic heterocycles. The van der Waals surface area contributed by atoms with E-state index in [0.29, 0.717) is 10.6 Å². The summed E-state index contributed by atoms with van der Waals surface area (Å²) < 4.78 is 0. The average Bonchev–Trinajstić information content (AvgIpc) is 2.46. The summed E-state index contributed by atoms with van der Waals surface area (Å²) in [4.78, 5) is 4.49. The molecule has 0 saturated heterocycles.